The molecule has 2 aliphatic rings. The monoisotopic (exact) mass is 483 g/mol. The Labute approximate surface area is 188 Å². The van der Waals surface area contributed by atoms with E-state index in [1.165, 1.54) is 10.1 Å². The van der Waals surface area contributed by atoms with Crippen molar-refractivity contribution in [2.45, 2.75) is 37.3 Å². The van der Waals surface area contributed by atoms with E-state index in [4.69, 9.17) is 10.4 Å². The first-order chi connectivity index (χ1) is 14.8. The zero-order valence-corrected chi connectivity index (χ0v) is 19.7. The number of nitrogens with zero attached hydrogens (tertiary/aromatic N) is 5. The van der Waals surface area contributed by atoms with Gasteiger partial charge in [-0.1, -0.05) is 28.9 Å². The minimum Gasteiger partial charge on any atom is -0.369 e. The number of hydrogen-bond acceptors (Lipinski definition) is 6. The number of benzene rings is 1. The van der Waals surface area contributed by atoms with Gasteiger partial charge >= 0.3 is 0 Å². The minimum atomic E-state index is -0.284. The van der Waals surface area contributed by atoms with Crippen molar-refractivity contribution in [1.29, 1.82) is 5.41 Å². The van der Waals surface area contributed by atoms with Crippen LogP contribution >= 0.6 is 15.9 Å². The SMILES string of the molecule is CC[C@H](c1cnc2c(n1)c(=O)n(C)c(=N)n2C)[C@@]12CCN(C)[C@@H]1Nc1cc(Br)ccc12. The summed E-state index contributed by atoms with van der Waals surface area (Å²) < 4.78 is 3.97. The molecule has 0 unspecified atom stereocenters. The first kappa shape index (κ1) is 20.4. The molecule has 0 bridgehead atoms. The van der Waals surface area contributed by atoms with E-state index in [2.05, 4.69) is 63.3 Å². The van der Waals surface area contributed by atoms with E-state index < -0.39 is 0 Å². The summed E-state index contributed by atoms with van der Waals surface area (Å²) in [6.45, 7) is 3.17. The van der Waals surface area contributed by atoms with E-state index in [0.717, 1.165) is 35.2 Å². The summed E-state index contributed by atoms with van der Waals surface area (Å²) in [5, 5.41) is 11.9. The van der Waals surface area contributed by atoms with Gasteiger partial charge in [0, 0.05) is 42.1 Å². The highest BCUT2D eigenvalue weighted by Gasteiger charge is 2.57. The van der Waals surface area contributed by atoms with Crippen LogP contribution in [0.3, 0.4) is 0 Å². The lowest BCUT2D eigenvalue weighted by molar-refractivity contribution is 0.247. The number of likely N-dealkylation sites (N-methyl/N-ethyl adjacent to an activating group) is 1. The molecule has 3 atom stereocenters. The maximum atomic E-state index is 12.9. The van der Waals surface area contributed by atoms with Crippen molar-refractivity contribution in [3.8, 4) is 0 Å². The molecule has 0 radical (unpaired) electrons. The summed E-state index contributed by atoms with van der Waals surface area (Å²) in [4.78, 5) is 24.8. The number of likely N-dealkylation sites (tertiary alicyclic amines) is 1. The Kier molecular flexibility index (Phi) is 4.60. The number of aryl methyl sites for hydroxylation is 1. The van der Waals surface area contributed by atoms with Gasteiger partial charge in [0.05, 0.1) is 18.1 Å². The Hall–Kier alpha value is -2.52. The highest BCUT2D eigenvalue weighted by atomic mass is 79.9. The summed E-state index contributed by atoms with van der Waals surface area (Å²) in [5.74, 6) is 0.0972. The summed E-state index contributed by atoms with van der Waals surface area (Å²) in [7, 11) is 5.50. The molecule has 2 N–H and O–H groups in total. The molecule has 162 valence electrons. The van der Waals surface area contributed by atoms with E-state index in [9.17, 15) is 4.79 Å². The molecule has 2 aliphatic heterocycles. The second-order valence-corrected chi connectivity index (χ2v) is 9.60. The number of hydrogen-bond donors (Lipinski definition) is 2. The van der Waals surface area contributed by atoms with Gasteiger partial charge in [0.2, 0.25) is 5.62 Å². The molecule has 1 saturated heterocycles. The lowest BCUT2D eigenvalue weighted by atomic mass is 9.67. The summed E-state index contributed by atoms with van der Waals surface area (Å²) in [6, 6.07) is 6.47. The number of anilines is 1. The van der Waals surface area contributed by atoms with Gasteiger partial charge in [0.25, 0.3) is 5.56 Å². The van der Waals surface area contributed by atoms with Crippen molar-refractivity contribution >= 4 is 32.8 Å². The van der Waals surface area contributed by atoms with Crippen LogP contribution in [0.5, 0.6) is 0 Å². The van der Waals surface area contributed by atoms with Crippen LogP contribution in [-0.4, -0.2) is 43.8 Å². The van der Waals surface area contributed by atoms with E-state index in [1.807, 2.05) is 0 Å². The molecule has 5 rings (SSSR count). The Morgan fingerprint density at radius 1 is 1.32 bits per heavy atom. The Morgan fingerprint density at radius 3 is 2.84 bits per heavy atom. The van der Waals surface area contributed by atoms with Crippen LogP contribution in [-0.2, 0) is 19.5 Å². The van der Waals surface area contributed by atoms with E-state index in [-0.39, 0.29) is 28.7 Å². The number of fused-ring (bicyclic) bond motifs is 4. The lowest BCUT2D eigenvalue weighted by Crippen LogP contribution is -2.45. The average molecular weight is 484 g/mol. The van der Waals surface area contributed by atoms with Crippen LogP contribution in [0.2, 0.25) is 0 Å². The molecule has 4 heterocycles. The van der Waals surface area contributed by atoms with Crippen LogP contribution in [0.4, 0.5) is 5.69 Å². The van der Waals surface area contributed by atoms with Crippen LogP contribution in [0.25, 0.3) is 11.2 Å². The molecule has 8 nitrogen and oxygen atoms in total. The maximum Gasteiger partial charge on any atom is 0.282 e. The fourth-order valence-electron chi connectivity index (χ4n) is 5.65. The molecule has 1 aromatic carbocycles. The predicted molar refractivity (Wildman–Crippen MR) is 123 cm³/mol. The van der Waals surface area contributed by atoms with Gasteiger partial charge in [-0.25, -0.2) is 9.97 Å². The topological polar surface area (TPSA) is 91.8 Å². The van der Waals surface area contributed by atoms with Gasteiger partial charge in [-0.05, 0) is 37.6 Å². The zero-order chi connectivity index (χ0) is 22.1. The highest BCUT2D eigenvalue weighted by Crippen LogP contribution is 2.56. The quantitative estimate of drug-likeness (QED) is 0.596. The van der Waals surface area contributed by atoms with E-state index in [1.54, 1.807) is 24.9 Å². The fourth-order valence-corrected chi connectivity index (χ4v) is 6.01. The largest absolute Gasteiger partial charge is 0.369 e. The maximum absolute atomic E-state index is 12.9. The van der Waals surface area contributed by atoms with Crippen LogP contribution in [0, 0.1) is 5.41 Å². The standard InChI is InChI=1S/C22H26BrN7O/c1-5-13(16-11-25-18-17(26-16)19(31)30(4)21(24)29(18)3)22-8-9-28(2)20(22)27-15-10-12(23)6-7-14(15)22/h6-7,10-11,13,20,24,27H,5,8-9H2,1-4H3/t13-,20+,22-/m1/s1. The molecular formula is C22H26BrN7O. The van der Waals surface area contributed by atoms with E-state index >= 15 is 0 Å². The molecule has 3 aromatic rings. The molecule has 0 amide bonds. The van der Waals surface area contributed by atoms with Crippen molar-refractivity contribution in [2.24, 2.45) is 14.1 Å². The van der Waals surface area contributed by atoms with E-state index in [0.29, 0.717) is 11.2 Å². The molecule has 9 heteroatoms. The Balaban J connectivity index is 1.74. The van der Waals surface area contributed by atoms with Gasteiger partial charge in [-0.2, -0.15) is 0 Å². The highest BCUT2D eigenvalue weighted by molar-refractivity contribution is 9.10. The number of aromatic nitrogens is 4. The van der Waals surface area contributed by atoms with Crippen LogP contribution in [0.15, 0.2) is 33.7 Å². The molecule has 2 aromatic heterocycles. The summed E-state index contributed by atoms with van der Waals surface area (Å²) in [5.41, 5.74) is 3.72. The van der Waals surface area contributed by atoms with Gasteiger partial charge < -0.3 is 5.32 Å². The average Bonchev–Trinajstić information content (AvgIpc) is 3.25. The van der Waals surface area contributed by atoms with Crippen molar-refractivity contribution in [2.75, 3.05) is 18.9 Å². The molecular weight excluding hydrogens is 458 g/mol. The van der Waals surface area contributed by atoms with Crippen LogP contribution < -0.4 is 16.5 Å². The third-order valence-electron chi connectivity index (χ3n) is 7.20. The smallest absolute Gasteiger partial charge is 0.282 e. The first-order valence-corrected chi connectivity index (χ1v) is 11.3. The van der Waals surface area contributed by atoms with Crippen LogP contribution in [0.1, 0.15) is 36.9 Å². The molecule has 0 aliphatic carbocycles. The summed E-state index contributed by atoms with van der Waals surface area (Å²) >= 11 is 3.60. The third kappa shape index (κ3) is 2.69. The minimum absolute atomic E-state index is 0.0972. The Bertz CT molecular complexity index is 1330. The molecule has 31 heavy (non-hydrogen) atoms. The second kappa shape index (κ2) is 7.00. The van der Waals surface area contributed by atoms with Crippen molar-refractivity contribution in [3.63, 3.8) is 0 Å². The number of nitrogens with one attached hydrogen (secondary N) is 2. The number of halogens is 1. The normalized spacial score (nSPS) is 23.6. The Morgan fingerprint density at radius 2 is 2.10 bits per heavy atom. The third-order valence-corrected chi connectivity index (χ3v) is 7.69. The van der Waals surface area contributed by atoms with Gasteiger partial charge in [0.15, 0.2) is 11.2 Å². The summed E-state index contributed by atoms with van der Waals surface area (Å²) in [6.07, 6.45) is 3.85. The van der Waals surface area contributed by atoms with Crippen molar-refractivity contribution < 1.29 is 0 Å². The van der Waals surface area contributed by atoms with Gasteiger partial charge in [0.1, 0.15) is 0 Å². The number of rotatable bonds is 3. The predicted octanol–water partition coefficient (Wildman–Crippen LogP) is 2.43. The van der Waals surface area contributed by atoms with Crippen molar-refractivity contribution in [3.05, 3.63) is 56.1 Å². The van der Waals surface area contributed by atoms with Crippen molar-refractivity contribution in [1.82, 2.24) is 24.0 Å². The molecule has 0 saturated carbocycles. The lowest BCUT2D eigenvalue weighted by Gasteiger charge is -2.38. The second-order valence-electron chi connectivity index (χ2n) is 8.68. The zero-order valence-electron chi connectivity index (χ0n) is 18.1. The van der Waals surface area contributed by atoms with Gasteiger partial charge in [-0.3, -0.25) is 24.2 Å². The molecule has 0 spiro atoms. The fraction of sp³-hybridized carbons (Fsp3) is 0.455. The van der Waals surface area contributed by atoms with Gasteiger partial charge in [-0.15, -0.1) is 0 Å². The molecule has 1 fully saturated rings. The first-order valence-electron chi connectivity index (χ1n) is 10.5.